The van der Waals surface area contributed by atoms with Gasteiger partial charge in [0.05, 0.1) is 24.7 Å². The summed E-state index contributed by atoms with van der Waals surface area (Å²) in [5.41, 5.74) is 0.116. The van der Waals surface area contributed by atoms with Crippen LogP contribution in [-0.4, -0.2) is 41.6 Å². The summed E-state index contributed by atoms with van der Waals surface area (Å²) < 4.78 is 10.3. The molecule has 27 heavy (non-hydrogen) atoms. The Morgan fingerprint density at radius 2 is 1.63 bits per heavy atom. The monoisotopic (exact) mass is 376 g/mol. The maximum Gasteiger partial charge on any atom is 0.317 e. The van der Waals surface area contributed by atoms with Crippen molar-refractivity contribution in [2.45, 2.75) is 52.1 Å². The Kier molecular flexibility index (Phi) is 6.76. The van der Waals surface area contributed by atoms with Crippen molar-refractivity contribution < 1.29 is 29.0 Å². The molecular formula is C21H28O6. The van der Waals surface area contributed by atoms with Crippen molar-refractivity contribution in [1.29, 1.82) is 0 Å². The first-order chi connectivity index (χ1) is 12.8. The van der Waals surface area contributed by atoms with Gasteiger partial charge >= 0.3 is 11.9 Å². The molecule has 6 heteroatoms. The number of aryl methyl sites for hydroxylation is 1. The molecule has 0 spiro atoms. The van der Waals surface area contributed by atoms with Gasteiger partial charge in [-0.2, -0.15) is 0 Å². The number of benzene rings is 1. The Morgan fingerprint density at radius 1 is 1.07 bits per heavy atom. The van der Waals surface area contributed by atoms with Crippen LogP contribution in [0.2, 0.25) is 0 Å². The van der Waals surface area contributed by atoms with Crippen LogP contribution in [0.15, 0.2) is 24.3 Å². The molecule has 0 unspecified atom stereocenters. The van der Waals surface area contributed by atoms with Crippen LogP contribution in [0.25, 0.3) is 0 Å². The van der Waals surface area contributed by atoms with E-state index in [9.17, 15) is 19.5 Å². The Morgan fingerprint density at radius 3 is 2.15 bits per heavy atom. The Bertz CT molecular complexity index is 691. The standard InChI is InChI=1S/C21H28O6/c1-5-13-8-10-14(11-9-13)16-17(19(23)26-6-2)15(22)12-21(4,25)18(16)20(24)27-7-3/h8-11,16-18,25H,5-7,12H2,1-4H3/t16-,17-,18+,21+/m1/s1. The molecule has 1 aromatic rings. The van der Waals surface area contributed by atoms with E-state index >= 15 is 0 Å². The first-order valence-corrected chi connectivity index (χ1v) is 9.43. The fraction of sp³-hybridized carbons (Fsp3) is 0.571. The van der Waals surface area contributed by atoms with Crippen LogP contribution >= 0.6 is 0 Å². The molecule has 6 nitrogen and oxygen atoms in total. The van der Waals surface area contributed by atoms with Crippen LogP contribution in [0.5, 0.6) is 0 Å². The van der Waals surface area contributed by atoms with E-state index in [-0.39, 0.29) is 19.6 Å². The molecule has 1 N–H and O–H groups in total. The largest absolute Gasteiger partial charge is 0.466 e. The van der Waals surface area contributed by atoms with Gasteiger partial charge in [0.1, 0.15) is 5.92 Å². The lowest BCUT2D eigenvalue weighted by Crippen LogP contribution is -2.55. The fourth-order valence-corrected chi connectivity index (χ4v) is 3.86. The highest BCUT2D eigenvalue weighted by Gasteiger charge is 2.57. The summed E-state index contributed by atoms with van der Waals surface area (Å²) in [5.74, 6) is -4.75. The smallest absolute Gasteiger partial charge is 0.317 e. The molecule has 1 fully saturated rings. The summed E-state index contributed by atoms with van der Waals surface area (Å²) in [4.78, 5) is 38.0. The average molecular weight is 376 g/mol. The third kappa shape index (κ3) is 4.38. The van der Waals surface area contributed by atoms with Gasteiger partial charge in [0.15, 0.2) is 5.78 Å². The number of hydrogen-bond donors (Lipinski definition) is 1. The summed E-state index contributed by atoms with van der Waals surface area (Å²) in [7, 11) is 0. The molecule has 1 saturated carbocycles. The van der Waals surface area contributed by atoms with E-state index in [0.717, 1.165) is 12.0 Å². The van der Waals surface area contributed by atoms with Gasteiger partial charge in [0.2, 0.25) is 0 Å². The molecule has 0 heterocycles. The lowest BCUT2D eigenvalue weighted by atomic mass is 9.61. The van der Waals surface area contributed by atoms with Crippen molar-refractivity contribution in [3.05, 3.63) is 35.4 Å². The number of rotatable bonds is 6. The van der Waals surface area contributed by atoms with Gasteiger partial charge in [-0.15, -0.1) is 0 Å². The summed E-state index contributed by atoms with van der Waals surface area (Å²) >= 11 is 0. The first-order valence-electron chi connectivity index (χ1n) is 9.43. The molecule has 1 aliphatic carbocycles. The zero-order valence-electron chi connectivity index (χ0n) is 16.4. The second-order valence-corrected chi connectivity index (χ2v) is 7.08. The molecule has 2 rings (SSSR count). The van der Waals surface area contributed by atoms with E-state index in [4.69, 9.17) is 9.47 Å². The van der Waals surface area contributed by atoms with Gasteiger partial charge in [0.25, 0.3) is 0 Å². The van der Waals surface area contributed by atoms with Crippen molar-refractivity contribution in [1.82, 2.24) is 0 Å². The van der Waals surface area contributed by atoms with Gasteiger partial charge in [-0.25, -0.2) is 0 Å². The molecule has 4 atom stereocenters. The van der Waals surface area contributed by atoms with Crippen molar-refractivity contribution in [2.24, 2.45) is 11.8 Å². The lowest BCUT2D eigenvalue weighted by molar-refractivity contribution is -0.172. The highest BCUT2D eigenvalue weighted by atomic mass is 16.5. The minimum absolute atomic E-state index is 0.130. The van der Waals surface area contributed by atoms with E-state index in [1.54, 1.807) is 26.0 Å². The zero-order chi connectivity index (χ0) is 20.2. The number of carbonyl (C=O) groups excluding carboxylic acids is 3. The molecule has 0 amide bonds. The maximum atomic E-state index is 12.7. The second-order valence-electron chi connectivity index (χ2n) is 7.08. The van der Waals surface area contributed by atoms with Crippen LogP contribution in [0.1, 0.15) is 51.2 Å². The van der Waals surface area contributed by atoms with Crippen molar-refractivity contribution >= 4 is 17.7 Å². The van der Waals surface area contributed by atoms with Crippen LogP contribution in [0, 0.1) is 11.8 Å². The molecule has 1 aromatic carbocycles. The molecular weight excluding hydrogens is 348 g/mol. The van der Waals surface area contributed by atoms with E-state index in [0.29, 0.717) is 5.56 Å². The van der Waals surface area contributed by atoms with Gasteiger partial charge in [-0.1, -0.05) is 31.2 Å². The molecule has 0 aromatic heterocycles. The molecule has 148 valence electrons. The number of hydrogen-bond acceptors (Lipinski definition) is 6. The summed E-state index contributed by atoms with van der Waals surface area (Å²) in [6, 6.07) is 7.40. The summed E-state index contributed by atoms with van der Waals surface area (Å²) in [6.45, 7) is 7.08. The number of Topliss-reactive ketones (excluding diaryl/α,β-unsaturated/α-hetero) is 1. The first kappa shape index (κ1) is 21.1. The van der Waals surface area contributed by atoms with Crippen LogP contribution in [0.3, 0.4) is 0 Å². The minimum Gasteiger partial charge on any atom is -0.466 e. The Hall–Kier alpha value is -2.21. The number of ketones is 1. The predicted octanol–water partition coefficient (Wildman–Crippen LogP) is 2.42. The predicted molar refractivity (Wildman–Crippen MR) is 99.1 cm³/mol. The zero-order valence-corrected chi connectivity index (χ0v) is 16.4. The van der Waals surface area contributed by atoms with E-state index in [1.165, 1.54) is 6.92 Å². The second kappa shape index (κ2) is 8.65. The third-order valence-electron chi connectivity index (χ3n) is 5.12. The van der Waals surface area contributed by atoms with Gasteiger partial charge in [-0.3, -0.25) is 14.4 Å². The van der Waals surface area contributed by atoms with Gasteiger partial charge in [0, 0.05) is 12.3 Å². The number of ether oxygens (including phenoxy) is 2. The number of carbonyl (C=O) groups is 3. The van der Waals surface area contributed by atoms with Crippen molar-refractivity contribution in [3.8, 4) is 0 Å². The van der Waals surface area contributed by atoms with Crippen LogP contribution < -0.4 is 0 Å². The van der Waals surface area contributed by atoms with Gasteiger partial charge < -0.3 is 14.6 Å². The number of esters is 2. The highest BCUT2D eigenvalue weighted by molar-refractivity contribution is 6.02. The molecule has 0 radical (unpaired) electrons. The highest BCUT2D eigenvalue weighted by Crippen LogP contribution is 2.46. The van der Waals surface area contributed by atoms with Gasteiger partial charge in [-0.05, 0) is 38.3 Å². The summed E-state index contributed by atoms with van der Waals surface area (Å²) in [6.07, 6.45) is 0.535. The van der Waals surface area contributed by atoms with Crippen molar-refractivity contribution in [3.63, 3.8) is 0 Å². The van der Waals surface area contributed by atoms with E-state index < -0.39 is 41.1 Å². The average Bonchev–Trinajstić information content (AvgIpc) is 2.60. The van der Waals surface area contributed by atoms with E-state index in [1.807, 2.05) is 19.1 Å². The third-order valence-corrected chi connectivity index (χ3v) is 5.12. The van der Waals surface area contributed by atoms with Crippen LogP contribution in [0.4, 0.5) is 0 Å². The molecule has 1 aliphatic rings. The minimum atomic E-state index is -1.61. The SMILES string of the molecule is CCOC(=O)[C@@H]1C(=O)C[C@](C)(O)[C@H](C(=O)OCC)[C@@H]1c1ccc(CC)cc1. The van der Waals surface area contributed by atoms with Crippen LogP contribution in [-0.2, 0) is 30.3 Å². The Balaban J connectivity index is 2.59. The lowest BCUT2D eigenvalue weighted by Gasteiger charge is -2.43. The molecule has 0 bridgehead atoms. The fourth-order valence-electron chi connectivity index (χ4n) is 3.86. The normalized spacial score (nSPS) is 27.9. The maximum absolute atomic E-state index is 12.7. The summed E-state index contributed by atoms with van der Waals surface area (Å²) in [5, 5.41) is 10.9. The molecule has 0 saturated heterocycles. The van der Waals surface area contributed by atoms with Crippen molar-refractivity contribution in [2.75, 3.05) is 13.2 Å². The quantitative estimate of drug-likeness (QED) is 0.606. The number of aliphatic hydroxyl groups is 1. The topological polar surface area (TPSA) is 89.9 Å². The molecule has 0 aliphatic heterocycles. The Labute approximate surface area is 159 Å². The van der Waals surface area contributed by atoms with E-state index in [2.05, 4.69) is 0 Å².